The Kier molecular flexibility index (Phi) is 12.1. The maximum absolute atomic E-state index is 8.86. The van der Waals surface area contributed by atoms with Crippen LogP contribution in [-0.2, 0) is 0 Å². The predicted octanol–water partition coefficient (Wildman–Crippen LogP) is 3.05. The minimum atomic E-state index is 0. The number of quaternary nitrogens is 1. The molecule has 15 heavy (non-hydrogen) atoms. The van der Waals surface area contributed by atoms with E-state index in [-0.39, 0.29) is 7.43 Å². The van der Waals surface area contributed by atoms with E-state index in [0.717, 1.165) is 11.0 Å². The number of nitrogens with zero attached hydrogens (tertiary/aromatic N) is 1. The van der Waals surface area contributed by atoms with Gasteiger partial charge in [-0.25, -0.2) is 0 Å². The second kappa shape index (κ2) is 10.4. The molecule has 0 aliphatic rings. The molecule has 0 unspecified atom stereocenters. The maximum atomic E-state index is 8.86. The minimum absolute atomic E-state index is 0. The van der Waals surface area contributed by atoms with Crippen molar-refractivity contribution >= 4 is 0 Å². The van der Waals surface area contributed by atoms with Crippen molar-refractivity contribution in [1.29, 1.82) is 0 Å². The first-order valence-electron chi connectivity index (χ1n) is 6.05. The van der Waals surface area contributed by atoms with E-state index in [9.17, 15) is 0 Å². The van der Waals surface area contributed by atoms with Crippen LogP contribution < -0.4 is 0 Å². The van der Waals surface area contributed by atoms with Crippen molar-refractivity contribution < 1.29 is 9.59 Å². The highest BCUT2D eigenvalue weighted by molar-refractivity contribution is 4.44. The molecule has 0 atom stereocenters. The first-order valence-corrected chi connectivity index (χ1v) is 6.05. The zero-order valence-electron chi connectivity index (χ0n) is 10.3. The van der Waals surface area contributed by atoms with E-state index in [4.69, 9.17) is 5.11 Å². The van der Waals surface area contributed by atoms with Crippen LogP contribution in [0.25, 0.3) is 0 Å². The van der Waals surface area contributed by atoms with E-state index in [2.05, 4.69) is 21.0 Å². The van der Waals surface area contributed by atoms with Gasteiger partial charge in [0.25, 0.3) is 0 Å². The lowest BCUT2D eigenvalue weighted by Crippen LogP contribution is -2.42. The van der Waals surface area contributed by atoms with Crippen molar-refractivity contribution in [3.63, 3.8) is 0 Å². The Balaban J connectivity index is 0. The van der Waals surface area contributed by atoms with Gasteiger partial charge in [0.15, 0.2) is 0 Å². The van der Waals surface area contributed by atoms with E-state index in [1.165, 1.54) is 45.1 Å². The Hall–Kier alpha value is -0.0800. The fraction of sp³-hybridized carbons (Fsp3) is 1.00. The molecule has 0 fully saturated rings. The van der Waals surface area contributed by atoms with Gasteiger partial charge in [-0.1, -0.05) is 40.0 Å². The van der Waals surface area contributed by atoms with Gasteiger partial charge in [-0.3, -0.25) is 0 Å². The number of hydrogen-bond acceptors (Lipinski definition) is 1. The minimum Gasteiger partial charge on any atom is -0.391 e. The molecule has 1 N–H and O–H groups in total. The summed E-state index contributed by atoms with van der Waals surface area (Å²) in [4.78, 5) is 0. The van der Waals surface area contributed by atoms with Gasteiger partial charge < -0.3 is 9.59 Å². The van der Waals surface area contributed by atoms with Crippen molar-refractivity contribution in [2.24, 2.45) is 0 Å². The van der Waals surface area contributed by atoms with E-state index >= 15 is 0 Å². The van der Waals surface area contributed by atoms with Crippen LogP contribution >= 0.6 is 0 Å². The molecule has 94 valence electrons. The highest BCUT2D eigenvalue weighted by Crippen LogP contribution is 2.07. The molecule has 0 aromatic rings. The lowest BCUT2D eigenvalue weighted by atomic mass is 10.1. The van der Waals surface area contributed by atoms with Crippen molar-refractivity contribution in [3.05, 3.63) is 0 Å². The van der Waals surface area contributed by atoms with Gasteiger partial charge in [0.05, 0.1) is 27.2 Å². The standard InChI is InChI=1S/C12H28NO.CH4/c1-4-5-6-7-8-9-10-13(2,3)11-12-14;/h14H,4-12H2,1-3H3;1H4/q+1;. The Bertz CT molecular complexity index is 124. The second-order valence-corrected chi connectivity index (χ2v) is 4.87. The summed E-state index contributed by atoms with van der Waals surface area (Å²) in [5.41, 5.74) is 0. The zero-order valence-corrected chi connectivity index (χ0v) is 10.3. The van der Waals surface area contributed by atoms with Crippen LogP contribution in [0, 0.1) is 0 Å². The molecular weight excluding hydrogens is 186 g/mol. The molecule has 0 aromatic heterocycles. The van der Waals surface area contributed by atoms with E-state index in [1.54, 1.807) is 0 Å². The number of rotatable bonds is 9. The molecule has 0 saturated heterocycles. The summed E-state index contributed by atoms with van der Waals surface area (Å²) in [6.45, 7) is 4.64. The molecule has 0 aromatic carbocycles. The number of aliphatic hydroxyl groups is 1. The smallest absolute Gasteiger partial charge is 0.102 e. The quantitative estimate of drug-likeness (QED) is 0.466. The highest BCUT2D eigenvalue weighted by Gasteiger charge is 2.12. The third-order valence-corrected chi connectivity index (χ3v) is 2.82. The molecule has 2 heteroatoms. The van der Waals surface area contributed by atoms with Gasteiger partial charge in [0, 0.05) is 0 Å². The Morgan fingerprint density at radius 2 is 1.40 bits per heavy atom. The Morgan fingerprint density at radius 1 is 0.867 bits per heavy atom. The normalized spacial score (nSPS) is 11.2. The first kappa shape index (κ1) is 17.3. The van der Waals surface area contributed by atoms with Crippen LogP contribution in [0.1, 0.15) is 52.9 Å². The monoisotopic (exact) mass is 218 g/mol. The van der Waals surface area contributed by atoms with Crippen LogP contribution in [-0.4, -0.2) is 43.4 Å². The molecule has 0 bridgehead atoms. The summed E-state index contributed by atoms with van der Waals surface area (Å²) in [6, 6.07) is 0. The summed E-state index contributed by atoms with van der Waals surface area (Å²) < 4.78 is 0.963. The van der Waals surface area contributed by atoms with E-state index < -0.39 is 0 Å². The molecule has 0 saturated carbocycles. The fourth-order valence-corrected chi connectivity index (χ4v) is 1.70. The summed E-state index contributed by atoms with van der Waals surface area (Å²) in [5.74, 6) is 0. The molecule has 0 aliphatic heterocycles. The zero-order chi connectivity index (χ0) is 10.9. The average molecular weight is 218 g/mol. The van der Waals surface area contributed by atoms with Crippen LogP contribution in [0.3, 0.4) is 0 Å². The predicted molar refractivity (Wildman–Crippen MR) is 69.0 cm³/mol. The Morgan fingerprint density at radius 3 is 1.93 bits per heavy atom. The van der Waals surface area contributed by atoms with Crippen molar-refractivity contribution in [1.82, 2.24) is 0 Å². The number of likely N-dealkylation sites (N-methyl/N-ethyl adjacent to an activating group) is 1. The van der Waals surface area contributed by atoms with Crippen LogP contribution in [0.15, 0.2) is 0 Å². The van der Waals surface area contributed by atoms with E-state index in [1.807, 2.05) is 0 Å². The lowest BCUT2D eigenvalue weighted by Gasteiger charge is -2.28. The van der Waals surface area contributed by atoms with Crippen molar-refractivity contribution in [2.45, 2.75) is 52.9 Å². The maximum Gasteiger partial charge on any atom is 0.102 e. The Labute approximate surface area is 96.9 Å². The highest BCUT2D eigenvalue weighted by atomic mass is 16.3. The third-order valence-electron chi connectivity index (χ3n) is 2.82. The molecule has 0 spiro atoms. The molecule has 0 amide bonds. The van der Waals surface area contributed by atoms with Crippen LogP contribution in [0.2, 0.25) is 0 Å². The van der Waals surface area contributed by atoms with Crippen LogP contribution in [0.5, 0.6) is 0 Å². The summed E-state index contributed by atoms with van der Waals surface area (Å²) >= 11 is 0. The van der Waals surface area contributed by atoms with Gasteiger partial charge in [0.1, 0.15) is 6.54 Å². The molecule has 0 rings (SSSR count). The largest absolute Gasteiger partial charge is 0.391 e. The molecular formula is C13H32NO+. The van der Waals surface area contributed by atoms with Crippen molar-refractivity contribution in [2.75, 3.05) is 33.8 Å². The van der Waals surface area contributed by atoms with Gasteiger partial charge in [0.2, 0.25) is 0 Å². The third kappa shape index (κ3) is 11.8. The molecule has 0 heterocycles. The van der Waals surface area contributed by atoms with Gasteiger partial charge >= 0.3 is 0 Å². The summed E-state index contributed by atoms with van der Waals surface area (Å²) in [7, 11) is 4.39. The van der Waals surface area contributed by atoms with Crippen LogP contribution in [0.4, 0.5) is 0 Å². The first-order chi connectivity index (χ1) is 6.62. The number of hydrogen-bond donors (Lipinski definition) is 1. The topological polar surface area (TPSA) is 20.2 Å². The number of aliphatic hydroxyl groups excluding tert-OH is 1. The summed E-state index contributed by atoms with van der Waals surface area (Å²) in [6.07, 6.45) is 8.14. The fourth-order valence-electron chi connectivity index (χ4n) is 1.70. The average Bonchev–Trinajstić information content (AvgIpc) is 2.11. The lowest BCUT2D eigenvalue weighted by molar-refractivity contribution is -0.890. The van der Waals surface area contributed by atoms with E-state index in [0.29, 0.717) is 6.61 Å². The van der Waals surface area contributed by atoms with Gasteiger partial charge in [-0.15, -0.1) is 0 Å². The van der Waals surface area contributed by atoms with Gasteiger partial charge in [-0.2, -0.15) is 0 Å². The molecule has 0 radical (unpaired) electrons. The molecule has 2 nitrogen and oxygen atoms in total. The SMILES string of the molecule is C.CCCCCCCC[N+](C)(C)CCO. The van der Waals surface area contributed by atoms with Gasteiger partial charge in [-0.05, 0) is 12.8 Å². The van der Waals surface area contributed by atoms with Crippen molar-refractivity contribution in [3.8, 4) is 0 Å². The number of unbranched alkanes of at least 4 members (excludes halogenated alkanes) is 5. The molecule has 0 aliphatic carbocycles. The second-order valence-electron chi connectivity index (χ2n) is 4.87. The summed E-state index contributed by atoms with van der Waals surface area (Å²) in [5, 5.41) is 8.86.